The maximum atomic E-state index is 13.7. The van der Waals surface area contributed by atoms with Gasteiger partial charge in [0.15, 0.2) is 11.0 Å². The summed E-state index contributed by atoms with van der Waals surface area (Å²) in [5.74, 6) is -0.732. The summed E-state index contributed by atoms with van der Waals surface area (Å²) in [4.78, 5) is 23.9. The summed E-state index contributed by atoms with van der Waals surface area (Å²) in [6.45, 7) is 0. The first-order valence-electron chi connectivity index (χ1n) is 9.83. The third kappa shape index (κ3) is 5.66. The Morgan fingerprint density at radius 2 is 1.88 bits per heavy atom. The van der Waals surface area contributed by atoms with E-state index in [9.17, 15) is 22.8 Å². The van der Waals surface area contributed by atoms with Gasteiger partial charge >= 0.3 is 12.2 Å². The molecular weight excluding hydrogens is 479 g/mol. The van der Waals surface area contributed by atoms with Crippen molar-refractivity contribution in [2.45, 2.75) is 30.2 Å². The lowest BCUT2D eigenvalue weighted by Gasteiger charge is -2.16. The van der Waals surface area contributed by atoms with Gasteiger partial charge in [0.25, 0.3) is 0 Å². The number of hydrogen-bond acceptors (Lipinski definition) is 5. The van der Waals surface area contributed by atoms with Crippen molar-refractivity contribution in [1.82, 2.24) is 25.4 Å². The molecule has 1 aliphatic rings. The Morgan fingerprint density at radius 3 is 2.58 bits per heavy atom. The van der Waals surface area contributed by atoms with Crippen LogP contribution in [0.25, 0.3) is 17.1 Å². The summed E-state index contributed by atoms with van der Waals surface area (Å²) < 4.78 is 42.5. The number of para-hydroxylation sites is 1. The van der Waals surface area contributed by atoms with Gasteiger partial charge in [0, 0.05) is 16.6 Å². The standard InChI is InChI=1S/C21H17ClF3N5O2S/c22-13-5-3-4-12(10-13)18-28-29-20(33-11-17(31)27-19(32)26-14-8-9-14)30(18)16-7-2-1-6-15(16)21(23,24)25/h1-7,10,14H,8-9,11H2,(H2,26,27,31,32). The predicted octanol–water partition coefficient (Wildman–Crippen LogP) is 4.69. The highest BCUT2D eigenvalue weighted by Crippen LogP contribution is 2.37. The molecule has 0 aliphatic heterocycles. The average molecular weight is 496 g/mol. The number of halogens is 4. The number of carbonyl (C=O) groups is 2. The van der Waals surface area contributed by atoms with Gasteiger partial charge in [-0.15, -0.1) is 10.2 Å². The molecule has 0 atom stereocenters. The van der Waals surface area contributed by atoms with E-state index in [-0.39, 0.29) is 28.5 Å². The summed E-state index contributed by atoms with van der Waals surface area (Å²) in [5, 5.41) is 13.3. The Morgan fingerprint density at radius 1 is 1.12 bits per heavy atom. The van der Waals surface area contributed by atoms with E-state index in [0.29, 0.717) is 10.6 Å². The number of benzene rings is 2. The van der Waals surface area contributed by atoms with Crippen LogP contribution in [0.1, 0.15) is 18.4 Å². The summed E-state index contributed by atoms with van der Waals surface area (Å²) in [6.07, 6.45) is -2.90. The van der Waals surface area contributed by atoms with Crippen LogP contribution in [-0.2, 0) is 11.0 Å². The zero-order chi connectivity index (χ0) is 23.6. The molecule has 172 valence electrons. The van der Waals surface area contributed by atoms with Crippen LogP contribution < -0.4 is 10.6 Å². The summed E-state index contributed by atoms with van der Waals surface area (Å²) >= 11 is 6.92. The molecule has 7 nitrogen and oxygen atoms in total. The van der Waals surface area contributed by atoms with Crippen LogP contribution in [0.15, 0.2) is 53.7 Å². The maximum absolute atomic E-state index is 13.7. The van der Waals surface area contributed by atoms with Crippen molar-refractivity contribution in [3.05, 3.63) is 59.1 Å². The monoisotopic (exact) mass is 495 g/mol. The third-order valence-corrected chi connectivity index (χ3v) is 5.83. The minimum absolute atomic E-state index is 0.0550. The van der Waals surface area contributed by atoms with Crippen LogP contribution in [0, 0.1) is 0 Å². The van der Waals surface area contributed by atoms with Crippen LogP contribution in [0.2, 0.25) is 5.02 Å². The molecule has 0 radical (unpaired) electrons. The zero-order valence-corrected chi connectivity index (χ0v) is 18.5. The topological polar surface area (TPSA) is 88.9 Å². The molecule has 12 heteroatoms. The van der Waals surface area contributed by atoms with Crippen molar-refractivity contribution in [1.29, 1.82) is 0 Å². The second-order valence-corrected chi connectivity index (χ2v) is 8.63. The average Bonchev–Trinajstić information content (AvgIpc) is 3.46. The Labute approximate surface area is 195 Å². The van der Waals surface area contributed by atoms with E-state index in [1.807, 2.05) is 0 Å². The van der Waals surface area contributed by atoms with Gasteiger partial charge < -0.3 is 5.32 Å². The molecule has 1 aliphatic carbocycles. The normalized spacial score (nSPS) is 13.6. The summed E-state index contributed by atoms with van der Waals surface area (Å²) in [5.41, 5.74) is -0.630. The summed E-state index contributed by atoms with van der Waals surface area (Å²) in [6, 6.07) is 11.0. The van der Waals surface area contributed by atoms with Crippen LogP contribution in [0.5, 0.6) is 0 Å². The second kappa shape index (κ2) is 9.44. The number of thioether (sulfide) groups is 1. The number of rotatable bonds is 6. The lowest BCUT2D eigenvalue weighted by atomic mass is 10.1. The van der Waals surface area contributed by atoms with Gasteiger partial charge in [-0.25, -0.2) is 4.79 Å². The molecule has 1 heterocycles. The molecule has 33 heavy (non-hydrogen) atoms. The van der Waals surface area contributed by atoms with E-state index in [1.54, 1.807) is 24.3 Å². The zero-order valence-electron chi connectivity index (χ0n) is 16.9. The van der Waals surface area contributed by atoms with Crippen LogP contribution >= 0.6 is 23.4 Å². The fraction of sp³-hybridized carbons (Fsp3) is 0.238. The highest BCUT2D eigenvalue weighted by molar-refractivity contribution is 7.99. The van der Waals surface area contributed by atoms with Gasteiger partial charge in [-0.05, 0) is 37.1 Å². The SMILES string of the molecule is O=C(CSc1nnc(-c2cccc(Cl)c2)n1-c1ccccc1C(F)(F)F)NC(=O)NC1CC1. The molecular formula is C21H17ClF3N5O2S. The van der Waals surface area contributed by atoms with Gasteiger partial charge in [-0.3, -0.25) is 14.7 Å². The van der Waals surface area contributed by atoms with Crippen molar-refractivity contribution >= 4 is 35.3 Å². The molecule has 3 aromatic rings. The van der Waals surface area contributed by atoms with Gasteiger partial charge in [0.05, 0.1) is 17.0 Å². The smallest absolute Gasteiger partial charge is 0.335 e. The Kier molecular flexibility index (Phi) is 6.61. The molecule has 1 fully saturated rings. The minimum atomic E-state index is -4.63. The number of hydrogen-bond donors (Lipinski definition) is 2. The van der Waals surface area contributed by atoms with E-state index in [4.69, 9.17) is 11.6 Å². The fourth-order valence-corrected chi connectivity index (χ4v) is 3.98. The highest BCUT2D eigenvalue weighted by atomic mass is 35.5. The number of aromatic nitrogens is 3. The van der Waals surface area contributed by atoms with Crippen molar-refractivity contribution in [2.24, 2.45) is 0 Å². The molecule has 1 aromatic heterocycles. The van der Waals surface area contributed by atoms with Crippen molar-refractivity contribution in [2.75, 3.05) is 5.75 Å². The van der Waals surface area contributed by atoms with E-state index < -0.39 is 23.7 Å². The first-order valence-corrected chi connectivity index (χ1v) is 11.2. The Bertz CT molecular complexity index is 1200. The van der Waals surface area contributed by atoms with Crippen LogP contribution in [0.4, 0.5) is 18.0 Å². The Hall–Kier alpha value is -3.05. The molecule has 2 N–H and O–H groups in total. The third-order valence-electron chi connectivity index (χ3n) is 4.66. The van der Waals surface area contributed by atoms with E-state index in [0.717, 1.165) is 30.7 Å². The van der Waals surface area contributed by atoms with Crippen molar-refractivity contribution in [3.63, 3.8) is 0 Å². The lowest BCUT2D eigenvalue weighted by molar-refractivity contribution is -0.137. The number of carbonyl (C=O) groups excluding carboxylic acids is 2. The van der Waals surface area contributed by atoms with Gasteiger partial charge in [0.1, 0.15) is 0 Å². The molecule has 2 aromatic carbocycles. The number of nitrogens with one attached hydrogen (secondary N) is 2. The molecule has 0 spiro atoms. The van der Waals surface area contributed by atoms with E-state index in [2.05, 4.69) is 20.8 Å². The second-order valence-electron chi connectivity index (χ2n) is 7.25. The van der Waals surface area contributed by atoms with E-state index >= 15 is 0 Å². The molecule has 1 saturated carbocycles. The number of amides is 3. The van der Waals surface area contributed by atoms with Crippen LogP contribution in [0.3, 0.4) is 0 Å². The Balaban J connectivity index is 1.67. The molecule has 3 amide bonds. The lowest BCUT2D eigenvalue weighted by Crippen LogP contribution is -2.41. The van der Waals surface area contributed by atoms with Crippen LogP contribution in [-0.4, -0.2) is 38.5 Å². The maximum Gasteiger partial charge on any atom is 0.418 e. The number of imide groups is 1. The number of nitrogens with zero attached hydrogens (tertiary/aromatic N) is 3. The first kappa shape index (κ1) is 23.1. The van der Waals surface area contributed by atoms with E-state index in [1.165, 1.54) is 22.8 Å². The van der Waals surface area contributed by atoms with Crippen molar-refractivity contribution in [3.8, 4) is 17.1 Å². The number of urea groups is 1. The van der Waals surface area contributed by atoms with Gasteiger partial charge in [-0.2, -0.15) is 13.2 Å². The molecule has 0 bridgehead atoms. The first-order chi connectivity index (χ1) is 15.7. The van der Waals surface area contributed by atoms with Crippen molar-refractivity contribution < 1.29 is 22.8 Å². The molecule has 4 rings (SSSR count). The fourth-order valence-electron chi connectivity index (χ4n) is 3.05. The summed E-state index contributed by atoms with van der Waals surface area (Å²) in [7, 11) is 0. The quantitative estimate of drug-likeness (QED) is 0.484. The minimum Gasteiger partial charge on any atom is -0.335 e. The van der Waals surface area contributed by atoms with Gasteiger partial charge in [0.2, 0.25) is 5.91 Å². The highest BCUT2D eigenvalue weighted by Gasteiger charge is 2.35. The number of alkyl halides is 3. The predicted molar refractivity (Wildman–Crippen MR) is 117 cm³/mol. The molecule has 0 unspecified atom stereocenters. The largest absolute Gasteiger partial charge is 0.418 e. The van der Waals surface area contributed by atoms with Gasteiger partial charge in [-0.1, -0.05) is 47.6 Å². The molecule has 0 saturated heterocycles.